The van der Waals surface area contributed by atoms with E-state index in [0.29, 0.717) is 12.3 Å². The molecule has 1 N–H and O–H groups in total. The number of hydrogen-bond donors (Lipinski definition) is 1. The summed E-state index contributed by atoms with van der Waals surface area (Å²) in [6.07, 6.45) is 0. The van der Waals surface area contributed by atoms with Gasteiger partial charge in [0.15, 0.2) is 0 Å². The summed E-state index contributed by atoms with van der Waals surface area (Å²) in [5, 5.41) is 2.87. The Balaban J connectivity index is 2.06. The van der Waals surface area contributed by atoms with Crippen molar-refractivity contribution in [1.82, 2.24) is 10.2 Å². The Bertz CT molecular complexity index is 825. The van der Waals surface area contributed by atoms with Crippen LogP contribution >= 0.6 is 11.8 Å². The van der Waals surface area contributed by atoms with Gasteiger partial charge in [0.2, 0.25) is 11.8 Å². The van der Waals surface area contributed by atoms with Crippen LogP contribution < -0.4 is 10.1 Å². The number of nitrogens with zero attached hydrogens (tertiary/aromatic N) is 1. The molecule has 7 heteroatoms. The number of carbonyl (C=O) groups is 2. The van der Waals surface area contributed by atoms with Crippen LogP contribution in [0.15, 0.2) is 48.5 Å². The van der Waals surface area contributed by atoms with Crippen molar-refractivity contribution in [2.75, 3.05) is 12.9 Å². The highest BCUT2D eigenvalue weighted by Crippen LogP contribution is 2.18. The number of ether oxygens (including phenoxy) is 1. The lowest BCUT2D eigenvalue weighted by molar-refractivity contribution is -0.138. The van der Waals surface area contributed by atoms with E-state index in [-0.39, 0.29) is 29.4 Å². The standard InChI is InChI=1S/C23H29FN2O3S/c1-16(2)25-23(28)17(3)26(13-18-7-11-21(29-4)12-8-18)22(27)15-30-14-19-5-9-20(24)10-6-19/h5-12,16-17H,13-15H2,1-4H3,(H,25,28). The van der Waals surface area contributed by atoms with Crippen molar-refractivity contribution in [3.8, 4) is 5.75 Å². The third kappa shape index (κ3) is 7.37. The van der Waals surface area contributed by atoms with Crippen molar-refractivity contribution in [3.63, 3.8) is 0 Å². The molecule has 0 saturated heterocycles. The zero-order valence-corrected chi connectivity index (χ0v) is 18.7. The number of benzene rings is 2. The van der Waals surface area contributed by atoms with Crippen molar-refractivity contribution in [3.05, 3.63) is 65.5 Å². The smallest absolute Gasteiger partial charge is 0.242 e. The summed E-state index contributed by atoms with van der Waals surface area (Å²) < 4.78 is 18.2. The van der Waals surface area contributed by atoms with E-state index in [1.807, 2.05) is 38.1 Å². The van der Waals surface area contributed by atoms with Gasteiger partial charge in [0, 0.05) is 18.3 Å². The highest BCUT2D eigenvalue weighted by atomic mass is 32.2. The largest absolute Gasteiger partial charge is 0.497 e. The number of amides is 2. The molecule has 1 unspecified atom stereocenters. The summed E-state index contributed by atoms with van der Waals surface area (Å²) in [5.74, 6) is 0.967. The van der Waals surface area contributed by atoms with Gasteiger partial charge in [0.25, 0.3) is 0 Å². The number of rotatable bonds is 10. The molecule has 0 aliphatic rings. The minimum atomic E-state index is -0.603. The SMILES string of the molecule is COc1ccc(CN(C(=O)CSCc2ccc(F)cc2)C(C)C(=O)NC(C)C)cc1. The van der Waals surface area contributed by atoms with Crippen molar-refractivity contribution < 1.29 is 18.7 Å². The van der Waals surface area contributed by atoms with Crippen LogP contribution in [0.25, 0.3) is 0 Å². The minimum Gasteiger partial charge on any atom is -0.497 e. The Kier molecular flexibility index (Phi) is 9.17. The van der Waals surface area contributed by atoms with Crippen LogP contribution in [0.3, 0.4) is 0 Å². The molecule has 0 aliphatic heterocycles. The molecule has 0 bridgehead atoms. The number of carbonyl (C=O) groups excluding carboxylic acids is 2. The molecule has 0 spiro atoms. The van der Waals surface area contributed by atoms with E-state index < -0.39 is 6.04 Å². The molecule has 0 fully saturated rings. The van der Waals surface area contributed by atoms with Gasteiger partial charge in [-0.15, -0.1) is 11.8 Å². The number of halogens is 1. The molecule has 2 aromatic carbocycles. The zero-order chi connectivity index (χ0) is 22.1. The first-order chi connectivity index (χ1) is 14.3. The average molecular weight is 433 g/mol. The predicted molar refractivity (Wildman–Crippen MR) is 119 cm³/mol. The molecule has 1 atom stereocenters. The van der Waals surface area contributed by atoms with Crippen LogP contribution in [0.5, 0.6) is 5.75 Å². The van der Waals surface area contributed by atoms with Gasteiger partial charge in [0.1, 0.15) is 17.6 Å². The van der Waals surface area contributed by atoms with Gasteiger partial charge in [-0.25, -0.2) is 4.39 Å². The summed E-state index contributed by atoms with van der Waals surface area (Å²) in [6.45, 7) is 5.84. The van der Waals surface area contributed by atoms with E-state index in [2.05, 4.69) is 5.32 Å². The Morgan fingerprint density at radius 2 is 1.63 bits per heavy atom. The second-order valence-electron chi connectivity index (χ2n) is 7.33. The summed E-state index contributed by atoms with van der Waals surface area (Å²) in [6, 6.07) is 13.1. The highest BCUT2D eigenvalue weighted by Gasteiger charge is 2.26. The fourth-order valence-corrected chi connectivity index (χ4v) is 3.71. The van der Waals surface area contributed by atoms with E-state index in [4.69, 9.17) is 4.74 Å². The number of thioether (sulfide) groups is 1. The molecule has 162 valence electrons. The fraction of sp³-hybridized carbons (Fsp3) is 0.391. The lowest BCUT2D eigenvalue weighted by Crippen LogP contribution is -2.49. The molecule has 0 aromatic heterocycles. The third-order valence-corrected chi connectivity index (χ3v) is 5.51. The maximum atomic E-state index is 13.0. The second kappa shape index (κ2) is 11.6. The van der Waals surface area contributed by atoms with Crippen LogP contribution in [0, 0.1) is 5.82 Å². The van der Waals surface area contributed by atoms with E-state index in [9.17, 15) is 14.0 Å². The quantitative estimate of drug-likeness (QED) is 0.616. The maximum Gasteiger partial charge on any atom is 0.242 e. The molecule has 30 heavy (non-hydrogen) atoms. The summed E-state index contributed by atoms with van der Waals surface area (Å²) in [4.78, 5) is 27.1. The Morgan fingerprint density at radius 1 is 1.03 bits per heavy atom. The van der Waals surface area contributed by atoms with Crippen LogP contribution in [-0.4, -0.2) is 41.7 Å². The minimum absolute atomic E-state index is 0.00857. The van der Waals surface area contributed by atoms with Crippen molar-refractivity contribution in [2.24, 2.45) is 0 Å². The van der Waals surface area contributed by atoms with Gasteiger partial charge in [-0.3, -0.25) is 9.59 Å². The first-order valence-electron chi connectivity index (χ1n) is 9.85. The van der Waals surface area contributed by atoms with Crippen LogP contribution in [-0.2, 0) is 21.9 Å². The normalized spacial score (nSPS) is 11.8. The van der Waals surface area contributed by atoms with Crippen LogP contribution in [0.2, 0.25) is 0 Å². The summed E-state index contributed by atoms with van der Waals surface area (Å²) in [7, 11) is 1.60. The molecule has 2 rings (SSSR count). The number of hydrogen-bond acceptors (Lipinski definition) is 4. The monoisotopic (exact) mass is 432 g/mol. The van der Waals surface area contributed by atoms with Gasteiger partial charge in [-0.05, 0) is 56.2 Å². The summed E-state index contributed by atoms with van der Waals surface area (Å²) in [5.41, 5.74) is 1.86. The van der Waals surface area contributed by atoms with Gasteiger partial charge in [-0.1, -0.05) is 24.3 Å². The second-order valence-corrected chi connectivity index (χ2v) is 8.31. The molecule has 0 heterocycles. The zero-order valence-electron chi connectivity index (χ0n) is 17.9. The molecule has 0 saturated carbocycles. The Labute approximate surface area is 182 Å². The topological polar surface area (TPSA) is 58.6 Å². The van der Waals surface area contributed by atoms with E-state index in [0.717, 1.165) is 16.9 Å². The van der Waals surface area contributed by atoms with Crippen molar-refractivity contribution >= 4 is 23.6 Å². The molecule has 0 radical (unpaired) electrons. The van der Waals surface area contributed by atoms with Gasteiger partial charge in [-0.2, -0.15) is 0 Å². The van der Waals surface area contributed by atoms with Gasteiger partial charge >= 0.3 is 0 Å². The van der Waals surface area contributed by atoms with E-state index in [1.54, 1.807) is 31.1 Å². The Morgan fingerprint density at radius 3 is 2.20 bits per heavy atom. The lowest BCUT2D eigenvalue weighted by atomic mass is 10.1. The Hall–Kier alpha value is -2.54. The van der Waals surface area contributed by atoms with Gasteiger partial charge in [0.05, 0.1) is 12.9 Å². The van der Waals surface area contributed by atoms with E-state index in [1.165, 1.54) is 23.9 Å². The first-order valence-corrected chi connectivity index (χ1v) is 11.0. The van der Waals surface area contributed by atoms with Crippen LogP contribution in [0.1, 0.15) is 31.9 Å². The highest BCUT2D eigenvalue weighted by molar-refractivity contribution is 7.99. The first kappa shape index (κ1) is 23.7. The predicted octanol–water partition coefficient (Wildman–Crippen LogP) is 4.01. The third-order valence-electron chi connectivity index (χ3n) is 4.52. The van der Waals surface area contributed by atoms with Crippen molar-refractivity contribution in [2.45, 2.75) is 45.2 Å². The van der Waals surface area contributed by atoms with E-state index >= 15 is 0 Å². The molecule has 5 nitrogen and oxygen atoms in total. The molecule has 2 aromatic rings. The maximum absolute atomic E-state index is 13.0. The van der Waals surface area contributed by atoms with Crippen molar-refractivity contribution in [1.29, 1.82) is 0 Å². The number of nitrogens with one attached hydrogen (secondary N) is 1. The molecular weight excluding hydrogens is 403 g/mol. The number of methoxy groups -OCH3 is 1. The molecule has 0 aliphatic carbocycles. The van der Waals surface area contributed by atoms with Gasteiger partial charge < -0.3 is 15.0 Å². The molecular formula is C23H29FN2O3S. The summed E-state index contributed by atoms with van der Waals surface area (Å²) >= 11 is 1.44. The molecule has 2 amide bonds. The lowest BCUT2D eigenvalue weighted by Gasteiger charge is -2.29. The average Bonchev–Trinajstić information content (AvgIpc) is 2.72. The van der Waals surface area contributed by atoms with Crippen LogP contribution in [0.4, 0.5) is 4.39 Å². The fourth-order valence-electron chi connectivity index (χ4n) is 2.84.